The van der Waals surface area contributed by atoms with Crippen LogP contribution in [0.5, 0.6) is 0 Å². The molecule has 0 aliphatic carbocycles. The molecule has 0 radical (unpaired) electrons. The zero-order valence-electron chi connectivity index (χ0n) is 18.2. The number of terminal acetylenes is 1. The van der Waals surface area contributed by atoms with Crippen molar-refractivity contribution in [3.63, 3.8) is 0 Å². The molecule has 1 aliphatic heterocycles. The van der Waals surface area contributed by atoms with E-state index in [1.54, 1.807) is 30.7 Å². The van der Waals surface area contributed by atoms with Crippen molar-refractivity contribution < 1.29 is 9.53 Å². The summed E-state index contributed by atoms with van der Waals surface area (Å²) in [5.74, 6) is 2.88. The summed E-state index contributed by atoms with van der Waals surface area (Å²) in [5.41, 5.74) is 3.50. The molecule has 168 valence electrons. The second kappa shape index (κ2) is 9.52. The van der Waals surface area contributed by atoms with E-state index in [1.165, 1.54) is 0 Å². The number of rotatable bonds is 5. The summed E-state index contributed by atoms with van der Waals surface area (Å²) in [7, 11) is 0. The quantitative estimate of drug-likeness (QED) is 0.446. The van der Waals surface area contributed by atoms with Gasteiger partial charge >= 0.3 is 0 Å². The van der Waals surface area contributed by atoms with E-state index in [-0.39, 0.29) is 0 Å². The molecule has 1 fully saturated rings. The maximum absolute atomic E-state index is 11.6. The van der Waals surface area contributed by atoms with E-state index >= 15 is 0 Å². The Morgan fingerprint density at radius 1 is 1.03 bits per heavy atom. The number of fused-ring (bicyclic) bond motifs is 1. The standard InChI is InChI=1S/C25H21N7O2/c1-2-22(33)29-19-5-3-4-17(14-19)23-24-18(8-9-26-23)15-28-25(31-24)30-20-6-7-21(27-16-20)32-10-12-34-13-11-32/h1,3-9,14-16H,10-13H2,(H,29,33)(H,28,30,31). The minimum Gasteiger partial charge on any atom is -0.378 e. The molecule has 4 heterocycles. The Kier molecular flexibility index (Phi) is 5.97. The van der Waals surface area contributed by atoms with Crippen LogP contribution in [0.1, 0.15) is 0 Å². The monoisotopic (exact) mass is 451 g/mol. The van der Waals surface area contributed by atoms with Crippen LogP contribution in [0.3, 0.4) is 0 Å². The van der Waals surface area contributed by atoms with E-state index in [2.05, 4.69) is 30.5 Å². The number of pyridine rings is 2. The van der Waals surface area contributed by atoms with Gasteiger partial charge in [0, 0.05) is 42.1 Å². The minimum atomic E-state index is -0.509. The van der Waals surface area contributed by atoms with Crippen LogP contribution in [0.15, 0.2) is 61.1 Å². The summed E-state index contributed by atoms with van der Waals surface area (Å²) in [4.78, 5) is 32.0. The Morgan fingerprint density at radius 3 is 2.71 bits per heavy atom. The number of ether oxygens (including phenoxy) is 1. The molecule has 1 amide bonds. The third kappa shape index (κ3) is 4.62. The highest BCUT2D eigenvalue weighted by Gasteiger charge is 2.13. The molecule has 1 saturated heterocycles. The molecule has 1 aromatic carbocycles. The van der Waals surface area contributed by atoms with E-state index in [9.17, 15) is 4.79 Å². The van der Waals surface area contributed by atoms with Crippen molar-refractivity contribution in [3.05, 3.63) is 61.1 Å². The number of nitrogens with one attached hydrogen (secondary N) is 2. The molecule has 2 N–H and O–H groups in total. The predicted octanol–water partition coefficient (Wildman–Crippen LogP) is 3.24. The number of carbonyl (C=O) groups is 1. The molecule has 34 heavy (non-hydrogen) atoms. The number of amides is 1. The zero-order chi connectivity index (χ0) is 23.3. The van der Waals surface area contributed by atoms with Gasteiger partial charge in [-0.1, -0.05) is 12.1 Å². The fourth-order valence-electron chi connectivity index (χ4n) is 3.71. The van der Waals surface area contributed by atoms with Gasteiger partial charge in [0.2, 0.25) is 5.95 Å². The van der Waals surface area contributed by atoms with Gasteiger partial charge in [0.05, 0.1) is 30.8 Å². The maximum atomic E-state index is 11.6. The number of anilines is 4. The van der Waals surface area contributed by atoms with Gasteiger partial charge in [-0.2, -0.15) is 0 Å². The lowest BCUT2D eigenvalue weighted by molar-refractivity contribution is -0.111. The van der Waals surface area contributed by atoms with E-state index in [0.717, 1.165) is 35.5 Å². The van der Waals surface area contributed by atoms with Crippen LogP contribution < -0.4 is 15.5 Å². The van der Waals surface area contributed by atoms with Crippen molar-refractivity contribution in [1.82, 2.24) is 19.9 Å². The normalized spacial score (nSPS) is 13.3. The zero-order valence-corrected chi connectivity index (χ0v) is 18.2. The van der Waals surface area contributed by atoms with Gasteiger partial charge in [0.15, 0.2) is 0 Å². The SMILES string of the molecule is C#CC(=O)Nc1cccc(-c2nccc3cnc(Nc4ccc(N5CCOCC5)nc4)nc23)c1. The Bertz CT molecular complexity index is 1380. The Balaban J connectivity index is 1.41. The van der Waals surface area contributed by atoms with E-state index in [0.29, 0.717) is 36.1 Å². The highest BCUT2D eigenvalue weighted by Crippen LogP contribution is 2.28. The highest BCUT2D eigenvalue weighted by atomic mass is 16.5. The Labute approximate surface area is 196 Å². The maximum Gasteiger partial charge on any atom is 0.300 e. The molecule has 3 aromatic heterocycles. The lowest BCUT2D eigenvalue weighted by Gasteiger charge is -2.27. The second-order valence-electron chi connectivity index (χ2n) is 7.60. The molecule has 0 bridgehead atoms. The molecule has 0 unspecified atom stereocenters. The van der Waals surface area contributed by atoms with Crippen LogP contribution in [0.4, 0.5) is 23.1 Å². The molecule has 0 saturated carbocycles. The topological polar surface area (TPSA) is 105 Å². The first kappa shape index (κ1) is 21.3. The fourth-order valence-corrected chi connectivity index (χ4v) is 3.71. The van der Waals surface area contributed by atoms with Crippen LogP contribution in [0.2, 0.25) is 0 Å². The first-order valence-corrected chi connectivity index (χ1v) is 10.8. The number of hydrogen-bond acceptors (Lipinski definition) is 8. The van der Waals surface area contributed by atoms with E-state index in [4.69, 9.17) is 16.1 Å². The Morgan fingerprint density at radius 2 is 1.91 bits per heavy atom. The van der Waals surface area contributed by atoms with Gasteiger partial charge in [0.25, 0.3) is 5.91 Å². The second-order valence-corrected chi connectivity index (χ2v) is 7.60. The molecule has 5 rings (SSSR count). The molecule has 4 aromatic rings. The number of benzene rings is 1. The average Bonchev–Trinajstić information content (AvgIpc) is 2.89. The van der Waals surface area contributed by atoms with Crippen molar-refractivity contribution in [2.75, 3.05) is 41.8 Å². The molecule has 1 aliphatic rings. The average molecular weight is 451 g/mol. The van der Waals surface area contributed by atoms with E-state index in [1.807, 2.05) is 36.3 Å². The molecular formula is C25H21N7O2. The first-order chi connectivity index (χ1) is 16.7. The lowest BCUT2D eigenvalue weighted by atomic mass is 10.1. The van der Waals surface area contributed by atoms with Crippen LogP contribution in [-0.2, 0) is 9.53 Å². The molecular weight excluding hydrogens is 430 g/mol. The van der Waals surface area contributed by atoms with Crippen LogP contribution in [0, 0.1) is 12.3 Å². The van der Waals surface area contributed by atoms with Crippen molar-refractivity contribution in [2.45, 2.75) is 0 Å². The minimum absolute atomic E-state index is 0.430. The van der Waals surface area contributed by atoms with Crippen LogP contribution in [-0.4, -0.2) is 52.1 Å². The third-order valence-corrected chi connectivity index (χ3v) is 5.36. The van der Waals surface area contributed by atoms with Crippen molar-refractivity contribution >= 4 is 40.0 Å². The fraction of sp³-hybridized carbons (Fsp3) is 0.160. The highest BCUT2D eigenvalue weighted by molar-refractivity contribution is 6.04. The number of nitrogens with zero attached hydrogens (tertiary/aromatic N) is 5. The summed E-state index contributed by atoms with van der Waals surface area (Å²) in [6, 6.07) is 13.1. The number of hydrogen-bond donors (Lipinski definition) is 2. The molecule has 0 spiro atoms. The van der Waals surface area contributed by atoms with Gasteiger partial charge in [-0.15, -0.1) is 6.42 Å². The summed E-state index contributed by atoms with van der Waals surface area (Å²) in [6.07, 6.45) is 10.4. The number of morpholine rings is 1. The Hall–Kier alpha value is -4.55. The summed E-state index contributed by atoms with van der Waals surface area (Å²) >= 11 is 0. The molecule has 9 heteroatoms. The number of carbonyl (C=O) groups excluding carboxylic acids is 1. The van der Waals surface area contributed by atoms with Crippen molar-refractivity contribution in [1.29, 1.82) is 0 Å². The first-order valence-electron chi connectivity index (χ1n) is 10.8. The van der Waals surface area contributed by atoms with Gasteiger partial charge in [-0.3, -0.25) is 9.78 Å². The van der Waals surface area contributed by atoms with Gasteiger partial charge in [-0.25, -0.2) is 15.0 Å². The van der Waals surface area contributed by atoms with Crippen molar-refractivity contribution in [2.24, 2.45) is 0 Å². The lowest BCUT2D eigenvalue weighted by Crippen LogP contribution is -2.36. The summed E-state index contributed by atoms with van der Waals surface area (Å²) in [6.45, 7) is 3.08. The predicted molar refractivity (Wildman–Crippen MR) is 131 cm³/mol. The smallest absolute Gasteiger partial charge is 0.300 e. The van der Waals surface area contributed by atoms with Crippen LogP contribution >= 0.6 is 0 Å². The summed E-state index contributed by atoms with van der Waals surface area (Å²) < 4.78 is 5.40. The van der Waals surface area contributed by atoms with Gasteiger partial charge < -0.3 is 20.3 Å². The number of aromatic nitrogens is 4. The van der Waals surface area contributed by atoms with Gasteiger partial charge in [0.1, 0.15) is 11.3 Å². The molecule has 0 atom stereocenters. The summed E-state index contributed by atoms with van der Waals surface area (Å²) in [5, 5.41) is 6.71. The molecule has 9 nitrogen and oxygen atoms in total. The van der Waals surface area contributed by atoms with Crippen molar-refractivity contribution in [3.8, 4) is 23.6 Å². The van der Waals surface area contributed by atoms with Crippen LogP contribution in [0.25, 0.3) is 22.2 Å². The largest absolute Gasteiger partial charge is 0.378 e. The third-order valence-electron chi connectivity index (χ3n) is 5.36. The van der Waals surface area contributed by atoms with E-state index < -0.39 is 5.91 Å². The van der Waals surface area contributed by atoms with Gasteiger partial charge in [-0.05, 0) is 36.3 Å².